The third-order valence-electron chi connectivity index (χ3n) is 2.71. The van der Waals surface area contributed by atoms with Crippen LogP contribution in [0.2, 0.25) is 0 Å². The molecule has 84 valence electrons. The normalized spacial score (nSPS) is 14.6. The molecule has 1 aliphatic carbocycles. The molecule has 0 saturated heterocycles. The summed E-state index contributed by atoms with van der Waals surface area (Å²) >= 11 is 0. The van der Waals surface area contributed by atoms with Crippen LogP contribution in [0.15, 0.2) is 24.3 Å². The Morgan fingerprint density at radius 2 is 2.12 bits per heavy atom. The van der Waals surface area contributed by atoms with Crippen LogP contribution in [-0.4, -0.2) is 18.2 Å². The number of aryl methyl sites for hydroxylation is 1. The van der Waals surface area contributed by atoms with Gasteiger partial charge in [0.25, 0.3) is 0 Å². The van der Waals surface area contributed by atoms with Crippen molar-refractivity contribution < 1.29 is 9.59 Å². The number of benzene rings is 1. The van der Waals surface area contributed by atoms with Crippen LogP contribution in [0.4, 0.5) is 0 Å². The lowest BCUT2D eigenvalue weighted by Gasteiger charge is -2.04. The lowest BCUT2D eigenvalue weighted by molar-refractivity contribution is -0.122. The van der Waals surface area contributed by atoms with E-state index in [0.29, 0.717) is 5.56 Å². The first-order chi connectivity index (χ1) is 7.66. The fraction of sp³-hybridized carbons (Fsp3) is 0.385. The van der Waals surface area contributed by atoms with Gasteiger partial charge in [0.1, 0.15) is 0 Å². The number of Topliss-reactive ketones (excluding diaryl/α,β-unsaturated/α-hetero) is 1. The largest absolute Gasteiger partial charge is 0.348 e. The fourth-order valence-corrected chi connectivity index (χ4v) is 1.58. The van der Waals surface area contributed by atoms with E-state index in [-0.39, 0.29) is 24.2 Å². The average molecular weight is 217 g/mol. The summed E-state index contributed by atoms with van der Waals surface area (Å²) in [6.45, 7) is 2.05. The molecular formula is C13H15NO2. The molecule has 1 fully saturated rings. The van der Waals surface area contributed by atoms with Crippen molar-refractivity contribution in [3.05, 3.63) is 35.4 Å². The van der Waals surface area contributed by atoms with E-state index in [9.17, 15) is 9.59 Å². The SMILES string of the molecule is Cc1cccc(C(=O)CNC(=O)C2CC2)c1. The molecule has 0 aromatic heterocycles. The van der Waals surface area contributed by atoms with Crippen molar-refractivity contribution in [3.63, 3.8) is 0 Å². The van der Waals surface area contributed by atoms with Gasteiger partial charge in [-0.1, -0.05) is 23.8 Å². The van der Waals surface area contributed by atoms with Gasteiger partial charge in [-0.3, -0.25) is 9.59 Å². The Bertz CT molecular complexity index is 422. The Morgan fingerprint density at radius 3 is 2.75 bits per heavy atom. The molecule has 1 saturated carbocycles. The monoisotopic (exact) mass is 217 g/mol. The highest BCUT2D eigenvalue weighted by Gasteiger charge is 2.29. The number of ketones is 1. The molecule has 1 N–H and O–H groups in total. The van der Waals surface area contributed by atoms with Gasteiger partial charge < -0.3 is 5.32 Å². The van der Waals surface area contributed by atoms with Crippen LogP contribution in [0.25, 0.3) is 0 Å². The minimum atomic E-state index is -0.0299. The third kappa shape index (κ3) is 2.69. The maximum atomic E-state index is 11.7. The molecule has 2 rings (SSSR count). The quantitative estimate of drug-likeness (QED) is 0.780. The van der Waals surface area contributed by atoms with Gasteiger partial charge in [0, 0.05) is 11.5 Å². The van der Waals surface area contributed by atoms with Crippen LogP contribution >= 0.6 is 0 Å². The first kappa shape index (κ1) is 10.9. The van der Waals surface area contributed by atoms with Gasteiger partial charge in [0.05, 0.1) is 6.54 Å². The van der Waals surface area contributed by atoms with Crippen molar-refractivity contribution in [1.82, 2.24) is 5.32 Å². The molecule has 3 heteroatoms. The standard InChI is InChI=1S/C13H15NO2/c1-9-3-2-4-11(7-9)12(15)8-14-13(16)10-5-6-10/h2-4,7,10H,5-6,8H2,1H3,(H,14,16). The molecule has 1 aliphatic rings. The molecule has 3 nitrogen and oxygen atoms in total. The van der Waals surface area contributed by atoms with E-state index in [4.69, 9.17) is 0 Å². The molecule has 0 heterocycles. The molecule has 16 heavy (non-hydrogen) atoms. The van der Waals surface area contributed by atoms with Crippen LogP contribution in [0.1, 0.15) is 28.8 Å². The molecule has 1 aromatic carbocycles. The average Bonchev–Trinajstić information content (AvgIpc) is 3.09. The number of hydrogen-bond acceptors (Lipinski definition) is 2. The Kier molecular flexibility index (Phi) is 3.04. The summed E-state index contributed by atoms with van der Waals surface area (Å²) in [5.74, 6) is 0.143. The number of carbonyl (C=O) groups is 2. The van der Waals surface area contributed by atoms with Crippen LogP contribution < -0.4 is 5.32 Å². The van der Waals surface area contributed by atoms with Crippen LogP contribution in [-0.2, 0) is 4.79 Å². The van der Waals surface area contributed by atoms with Gasteiger partial charge in [-0.25, -0.2) is 0 Å². The lowest BCUT2D eigenvalue weighted by atomic mass is 10.1. The first-order valence-corrected chi connectivity index (χ1v) is 5.54. The zero-order chi connectivity index (χ0) is 11.5. The zero-order valence-corrected chi connectivity index (χ0v) is 9.32. The summed E-state index contributed by atoms with van der Waals surface area (Å²) < 4.78 is 0. The highest BCUT2D eigenvalue weighted by Crippen LogP contribution is 2.28. The van der Waals surface area contributed by atoms with Gasteiger partial charge in [-0.15, -0.1) is 0 Å². The van der Waals surface area contributed by atoms with Crippen molar-refractivity contribution >= 4 is 11.7 Å². The number of rotatable bonds is 4. The highest BCUT2D eigenvalue weighted by atomic mass is 16.2. The molecule has 0 radical (unpaired) electrons. The summed E-state index contributed by atoms with van der Waals surface area (Å²) in [6.07, 6.45) is 1.93. The topological polar surface area (TPSA) is 46.2 Å². The fourth-order valence-electron chi connectivity index (χ4n) is 1.58. The Balaban J connectivity index is 1.89. The molecule has 0 spiro atoms. The van der Waals surface area contributed by atoms with E-state index in [2.05, 4.69) is 5.32 Å². The van der Waals surface area contributed by atoms with Crippen molar-refractivity contribution in [1.29, 1.82) is 0 Å². The maximum absolute atomic E-state index is 11.7. The molecule has 0 atom stereocenters. The predicted molar refractivity (Wildman–Crippen MR) is 61.2 cm³/mol. The van der Waals surface area contributed by atoms with Crippen LogP contribution in [0, 0.1) is 12.8 Å². The third-order valence-corrected chi connectivity index (χ3v) is 2.71. The lowest BCUT2D eigenvalue weighted by Crippen LogP contribution is -2.30. The summed E-state index contributed by atoms with van der Waals surface area (Å²) in [5.41, 5.74) is 1.72. The van der Waals surface area contributed by atoms with Crippen molar-refractivity contribution in [3.8, 4) is 0 Å². The smallest absolute Gasteiger partial charge is 0.223 e. The van der Waals surface area contributed by atoms with Gasteiger partial charge in [0.2, 0.25) is 5.91 Å². The second kappa shape index (κ2) is 4.47. The van der Waals surface area contributed by atoms with Gasteiger partial charge in [-0.2, -0.15) is 0 Å². The molecule has 1 amide bonds. The number of carbonyl (C=O) groups excluding carboxylic acids is 2. The van der Waals surface area contributed by atoms with E-state index in [1.807, 2.05) is 25.1 Å². The number of nitrogens with one attached hydrogen (secondary N) is 1. The second-order valence-corrected chi connectivity index (χ2v) is 4.28. The Labute approximate surface area is 94.9 Å². The predicted octanol–water partition coefficient (Wildman–Crippen LogP) is 1.70. The summed E-state index contributed by atoms with van der Waals surface area (Å²) in [7, 11) is 0. The van der Waals surface area contributed by atoms with E-state index >= 15 is 0 Å². The maximum Gasteiger partial charge on any atom is 0.223 e. The van der Waals surface area contributed by atoms with Crippen molar-refractivity contribution in [2.24, 2.45) is 5.92 Å². The van der Waals surface area contributed by atoms with Crippen molar-refractivity contribution in [2.75, 3.05) is 6.54 Å². The molecule has 1 aromatic rings. The number of amides is 1. The molecule has 0 unspecified atom stereocenters. The Morgan fingerprint density at radius 1 is 1.38 bits per heavy atom. The summed E-state index contributed by atoms with van der Waals surface area (Å²) in [4.78, 5) is 23.1. The van der Waals surface area contributed by atoms with Gasteiger partial charge in [0.15, 0.2) is 5.78 Å². The van der Waals surface area contributed by atoms with E-state index < -0.39 is 0 Å². The van der Waals surface area contributed by atoms with Crippen molar-refractivity contribution in [2.45, 2.75) is 19.8 Å². The molecule has 0 aliphatic heterocycles. The van der Waals surface area contributed by atoms with Gasteiger partial charge >= 0.3 is 0 Å². The minimum absolute atomic E-state index is 0.0148. The Hall–Kier alpha value is -1.64. The highest BCUT2D eigenvalue weighted by molar-refractivity contribution is 5.99. The van der Waals surface area contributed by atoms with E-state index in [1.165, 1.54) is 0 Å². The van der Waals surface area contributed by atoms with Crippen LogP contribution in [0.3, 0.4) is 0 Å². The first-order valence-electron chi connectivity index (χ1n) is 5.54. The van der Waals surface area contributed by atoms with E-state index in [1.54, 1.807) is 6.07 Å². The summed E-state index contributed by atoms with van der Waals surface area (Å²) in [5, 5.41) is 2.67. The summed E-state index contributed by atoms with van der Waals surface area (Å²) in [6, 6.07) is 7.41. The molecule has 0 bridgehead atoms. The van der Waals surface area contributed by atoms with E-state index in [0.717, 1.165) is 18.4 Å². The van der Waals surface area contributed by atoms with Crippen LogP contribution in [0.5, 0.6) is 0 Å². The second-order valence-electron chi connectivity index (χ2n) is 4.28. The van der Waals surface area contributed by atoms with Gasteiger partial charge in [-0.05, 0) is 25.8 Å². The zero-order valence-electron chi connectivity index (χ0n) is 9.32. The minimum Gasteiger partial charge on any atom is -0.348 e. The molecular weight excluding hydrogens is 202 g/mol. The number of hydrogen-bond donors (Lipinski definition) is 1.